The largest absolute Gasteiger partial charge is 0.379 e. The second-order valence-corrected chi connectivity index (χ2v) is 7.76. The van der Waals surface area contributed by atoms with E-state index >= 15 is 0 Å². The SMILES string of the molecule is CN(C)CC1COCCN(C(=O)c2ccc(-c3noc(C4CC4)n3)cc2)C1. The number of ether oxygens (including phenoxy) is 1. The summed E-state index contributed by atoms with van der Waals surface area (Å²) in [5, 5.41) is 4.06. The lowest BCUT2D eigenvalue weighted by molar-refractivity contribution is 0.0735. The van der Waals surface area contributed by atoms with Crippen molar-refractivity contribution in [1.29, 1.82) is 0 Å². The number of benzene rings is 1. The molecule has 2 aliphatic rings. The van der Waals surface area contributed by atoms with Gasteiger partial charge in [0.25, 0.3) is 5.91 Å². The molecule has 0 spiro atoms. The van der Waals surface area contributed by atoms with Crippen LogP contribution in [-0.4, -0.2) is 72.8 Å². The predicted octanol–water partition coefficient (Wildman–Crippen LogP) is 2.26. The molecule has 0 N–H and O–H groups in total. The average Bonchev–Trinajstić information content (AvgIpc) is 3.44. The lowest BCUT2D eigenvalue weighted by Gasteiger charge is -2.25. The molecule has 27 heavy (non-hydrogen) atoms. The Kier molecular flexibility index (Phi) is 5.22. The van der Waals surface area contributed by atoms with E-state index in [0.717, 1.165) is 30.8 Å². The van der Waals surface area contributed by atoms with Gasteiger partial charge in [0.2, 0.25) is 11.7 Å². The minimum absolute atomic E-state index is 0.0441. The molecule has 2 fully saturated rings. The fourth-order valence-electron chi connectivity index (χ4n) is 3.48. The fraction of sp³-hybridized carbons (Fsp3) is 0.550. The molecular formula is C20H26N4O3. The van der Waals surface area contributed by atoms with E-state index in [-0.39, 0.29) is 5.91 Å². The van der Waals surface area contributed by atoms with Crippen LogP contribution in [0.3, 0.4) is 0 Å². The fourth-order valence-corrected chi connectivity index (χ4v) is 3.48. The van der Waals surface area contributed by atoms with Crippen molar-refractivity contribution in [2.75, 3.05) is 46.9 Å². The number of hydrogen-bond acceptors (Lipinski definition) is 6. The Morgan fingerprint density at radius 2 is 2.04 bits per heavy atom. The summed E-state index contributed by atoms with van der Waals surface area (Å²) < 4.78 is 11.0. The predicted molar refractivity (Wildman–Crippen MR) is 100 cm³/mol. The Labute approximate surface area is 159 Å². The van der Waals surface area contributed by atoms with E-state index in [9.17, 15) is 4.79 Å². The molecule has 1 unspecified atom stereocenters. The lowest BCUT2D eigenvalue weighted by Crippen LogP contribution is -2.38. The molecule has 7 nitrogen and oxygen atoms in total. The average molecular weight is 370 g/mol. The molecular weight excluding hydrogens is 344 g/mol. The van der Waals surface area contributed by atoms with Crippen molar-refractivity contribution in [1.82, 2.24) is 19.9 Å². The first-order chi connectivity index (χ1) is 13.1. The van der Waals surface area contributed by atoms with Gasteiger partial charge in [-0.2, -0.15) is 4.98 Å². The summed E-state index contributed by atoms with van der Waals surface area (Å²) in [4.78, 5) is 21.4. The molecule has 1 aliphatic carbocycles. The van der Waals surface area contributed by atoms with Gasteiger partial charge in [-0.3, -0.25) is 4.79 Å². The molecule has 1 aliphatic heterocycles. The first-order valence-corrected chi connectivity index (χ1v) is 9.56. The van der Waals surface area contributed by atoms with Crippen LogP contribution >= 0.6 is 0 Å². The van der Waals surface area contributed by atoms with Gasteiger partial charge in [0, 0.05) is 42.6 Å². The molecule has 1 aromatic heterocycles. The third-order valence-electron chi connectivity index (χ3n) is 5.01. The Bertz CT molecular complexity index is 783. The molecule has 1 atom stereocenters. The smallest absolute Gasteiger partial charge is 0.253 e. The highest BCUT2D eigenvalue weighted by molar-refractivity contribution is 5.94. The second kappa shape index (κ2) is 7.78. The summed E-state index contributed by atoms with van der Waals surface area (Å²) in [6.45, 7) is 3.53. The van der Waals surface area contributed by atoms with E-state index in [1.54, 1.807) is 0 Å². The summed E-state index contributed by atoms with van der Waals surface area (Å²) in [6.07, 6.45) is 2.26. The zero-order valence-electron chi connectivity index (χ0n) is 15.9. The summed E-state index contributed by atoms with van der Waals surface area (Å²) in [5.74, 6) is 2.12. The van der Waals surface area contributed by atoms with Crippen LogP contribution in [-0.2, 0) is 4.74 Å². The van der Waals surface area contributed by atoms with E-state index < -0.39 is 0 Å². The highest BCUT2D eigenvalue weighted by atomic mass is 16.5. The van der Waals surface area contributed by atoms with Crippen LogP contribution in [0.1, 0.15) is 35.0 Å². The molecule has 1 saturated heterocycles. The summed E-state index contributed by atoms with van der Waals surface area (Å²) in [5.41, 5.74) is 1.54. The van der Waals surface area contributed by atoms with E-state index in [0.29, 0.717) is 49.5 Å². The number of carbonyl (C=O) groups is 1. The zero-order valence-corrected chi connectivity index (χ0v) is 15.9. The molecule has 1 saturated carbocycles. The lowest BCUT2D eigenvalue weighted by atomic mass is 10.1. The van der Waals surface area contributed by atoms with Crippen LogP contribution in [0.15, 0.2) is 28.8 Å². The van der Waals surface area contributed by atoms with Gasteiger partial charge in [-0.1, -0.05) is 17.3 Å². The number of rotatable bonds is 5. The third kappa shape index (κ3) is 4.36. The zero-order chi connectivity index (χ0) is 18.8. The van der Waals surface area contributed by atoms with Gasteiger partial charge >= 0.3 is 0 Å². The maximum absolute atomic E-state index is 12.9. The Balaban J connectivity index is 1.44. The molecule has 2 heterocycles. The van der Waals surface area contributed by atoms with Crippen LogP contribution in [0.2, 0.25) is 0 Å². The Hall–Kier alpha value is -2.25. The van der Waals surface area contributed by atoms with Crippen molar-refractivity contribution in [2.45, 2.75) is 18.8 Å². The molecule has 0 radical (unpaired) electrons. The Morgan fingerprint density at radius 1 is 1.26 bits per heavy atom. The number of aromatic nitrogens is 2. The molecule has 7 heteroatoms. The number of hydrogen-bond donors (Lipinski definition) is 0. The second-order valence-electron chi connectivity index (χ2n) is 7.76. The topological polar surface area (TPSA) is 71.7 Å². The van der Waals surface area contributed by atoms with E-state index in [4.69, 9.17) is 9.26 Å². The molecule has 4 rings (SSSR count). The number of amides is 1. The summed E-state index contributed by atoms with van der Waals surface area (Å²) in [6, 6.07) is 7.47. The van der Waals surface area contributed by atoms with Crippen molar-refractivity contribution < 1.29 is 14.1 Å². The van der Waals surface area contributed by atoms with Gasteiger partial charge in [0.05, 0.1) is 13.2 Å². The molecule has 2 aromatic rings. The van der Waals surface area contributed by atoms with Gasteiger partial charge in [0.1, 0.15) is 0 Å². The standard InChI is InChI=1S/C20H26N4O3/c1-23(2)11-14-12-24(9-10-26-13-14)20(25)17-7-3-15(4-8-17)18-21-19(27-22-18)16-5-6-16/h3-4,7-8,14,16H,5-6,9-13H2,1-2H3. The van der Waals surface area contributed by atoms with Crippen LogP contribution in [0, 0.1) is 5.92 Å². The van der Waals surface area contributed by atoms with Crippen molar-refractivity contribution >= 4 is 5.91 Å². The van der Waals surface area contributed by atoms with Gasteiger partial charge in [0.15, 0.2) is 0 Å². The molecule has 1 aromatic carbocycles. The van der Waals surface area contributed by atoms with Gasteiger partial charge in [-0.25, -0.2) is 0 Å². The van der Waals surface area contributed by atoms with E-state index in [2.05, 4.69) is 15.0 Å². The minimum Gasteiger partial charge on any atom is -0.379 e. The van der Waals surface area contributed by atoms with Gasteiger partial charge in [-0.05, 0) is 39.1 Å². The van der Waals surface area contributed by atoms with Gasteiger partial charge in [-0.15, -0.1) is 0 Å². The summed E-state index contributed by atoms with van der Waals surface area (Å²) in [7, 11) is 4.09. The van der Waals surface area contributed by atoms with E-state index in [1.165, 1.54) is 0 Å². The highest BCUT2D eigenvalue weighted by Gasteiger charge is 2.30. The maximum atomic E-state index is 12.9. The first-order valence-electron chi connectivity index (χ1n) is 9.56. The quantitative estimate of drug-likeness (QED) is 0.804. The van der Waals surface area contributed by atoms with Crippen LogP contribution in [0.25, 0.3) is 11.4 Å². The van der Waals surface area contributed by atoms with Crippen molar-refractivity contribution in [3.63, 3.8) is 0 Å². The van der Waals surface area contributed by atoms with Crippen LogP contribution in [0.5, 0.6) is 0 Å². The maximum Gasteiger partial charge on any atom is 0.253 e. The highest BCUT2D eigenvalue weighted by Crippen LogP contribution is 2.39. The monoisotopic (exact) mass is 370 g/mol. The normalized spacial score (nSPS) is 20.7. The number of nitrogens with zero attached hydrogens (tertiary/aromatic N) is 4. The van der Waals surface area contributed by atoms with Crippen molar-refractivity contribution in [3.8, 4) is 11.4 Å². The summed E-state index contributed by atoms with van der Waals surface area (Å²) >= 11 is 0. The minimum atomic E-state index is 0.0441. The van der Waals surface area contributed by atoms with E-state index in [1.807, 2.05) is 43.3 Å². The molecule has 0 bridgehead atoms. The first kappa shape index (κ1) is 18.1. The molecule has 1 amide bonds. The number of carbonyl (C=O) groups excluding carboxylic acids is 1. The third-order valence-corrected chi connectivity index (χ3v) is 5.01. The van der Waals surface area contributed by atoms with Crippen molar-refractivity contribution in [3.05, 3.63) is 35.7 Å². The Morgan fingerprint density at radius 3 is 2.74 bits per heavy atom. The van der Waals surface area contributed by atoms with Crippen LogP contribution in [0.4, 0.5) is 0 Å². The van der Waals surface area contributed by atoms with Gasteiger partial charge < -0.3 is 19.1 Å². The molecule has 144 valence electrons. The van der Waals surface area contributed by atoms with Crippen LogP contribution < -0.4 is 0 Å². The van der Waals surface area contributed by atoms with Crippen molar-refractivity contribution in [2.24, 2.45) is 5.92 Å².